The Morgan fingerprint density at radius 2 is 1.63 bits per heavy atom. The van der Waals surface area contributed by atoms with Gasteiger partial charge in [-0.3, -0.25) is 4.79 Å². The van der Waals surface area contributed by atoms with Gasteiger partial charge in [-0.15, -0.1) is 0 Å². The molecule has 0 bridgehead atoms. The number of hydrogen-bond acceptors (Lipinski definition) is 5. The van der Waals surface area contributed by atoms with Crippen LogP contribution in [0, 0.1) is 0 Å². The van der Waals surface area contributed by atoms with Crippen molar-refractivity contribution in [2.24, 2.45) is 0 Å². The third-order valence-electron chi connectivity index (χ3n) is 5.80. The molecule has 1 amide bonds. The Kier molecular flexibility index (Phi) is 3.67. The van der Waals surface area contributed by atoms with Crippen molar-refractivity contribution in [1.29, 1.82) is 0 Å². The van der Waals surface area contributed by atoms with Crippen LogP contribution in [0.25, 0.3) is 0 Å². The highest BCUT2D eigenvalue weighted by molar-refractivity contribution is 5.74. The van der Waals surface area contributed by atoms with Crippen molar-refractivity contribution in [2.45, 2.75) is 31.7 Å². The normalized spacial score (nSPS) is 21.7. The summed E-state index contributed by atoms with van der Waals surface area (Å²) >= 11 is 0. The number of carbonyl (C=O) groups is 1. The van der Waals surface area contributed by atoms with E-state index in [4.69, 9.17) is 18.9 Å². The van der Waals surface area contributed by atoms with Crippen LogP contribution < -0.4 is 18.9 Å². The molecule has 0 saturated heterocycles. The second-order valence-electron chi connectivity index (χ2n) is 7.24. The largest absolute Gasteiger partial charge is 0.454 e. The lowest BCUT2D eigenvalue weighted by Crippen LogP contribution is -2.36. The molecule has 0 radical (unpaired) electrons. The molecule has 6 heteroatoms. The van der Waals surface area contributed by atoms with Crippen LogP contribution in [0.4, 0.5) is 0 Å². The summed E-state index contributed by atoms with van der Waals surface area (Å²) in [5, 5.41) is 0. The quantitative estimate of drug-likeness (QED) is 0.814. The molecule has 2 aliphatic heterocycles. The molecule has 0 aromatic heterocycles. The van der Waals surface area contributed by atoms with Crippen LogP contribution in [0.1, 0.15) is 42.0 Å². The van der Waals surface area contributed by atoms with Crippen LogP contribution in [0.3, 0.4) is 0 Å². The lowest BCUT2D eigenvalue weighted by atomic mass is 9.75. The van der Waals surface area contributed by atoms with E-state index in [0.29, 0.717) is 0 Å². The molecule has 2 atom stereocenters. The van der Waals surface area contributed by atoms with Gasteiger partial charge in [0.15, 0.2) is 23.0 Å². The number of ether oxygens (including phenoxy) is 4. The first-order valence-corrected chi connectivity index (χ1v) is 9.17. The van der Waals surface area contributed by atoms with Crippen LogP contribution in [-0.2, 0) is 11.2 Å². The molecule has 0 unspecified atom stereocenters. The van der Waals surface area contributed by atoms with Crippen LogP contribution >= 0.6 is 0 Å². The van der Waals surface area contributed by atoms with Crippen molar-refractivity contribution in [2.75, 3.05) is 20.6 Å². The highest BCUT2D eigenvalue weighted by Crippen LogP contribution is 2.49. The monoisotopic (exact) mass is 367 g/mol. The summed E-state index contributed by atoms with van der Waals surface area (Å²) in [6.07, 6.45) is 1.86. The zero-order valence-electron chi connectivity index (χ0n) is 15.4. The van der Waals surface area contributed by atoms with Crippen molar-refractivity contribution in [1.82, 2.24) is 4.90 Å². The van der Waals surface area contributed by atoms with Gasteiger partial charge in [0, 0.05) is 19.9 Å². The molecule has 5 rings (SSSR count). The van der Waals surface area contributed by atoms with Gasteiger partial charge in [0.2, 0.25) is 19.5 Å². The molecule has 0 saturated carbocycles. The Hall–Kier alpha value is -2.89. The molecule has 2 aromatic carbocycles. The minimum Gasteiger partial charge on any atom is -0.454 e. The number of aryl methyl sites for hydroxylation is 1. The SMILES string of the molecule is CC(=O)N(C)[C@@H]1c2cc3c(cc2CC[C@@H]1c1ccc2c(c1)OCO2)OCO3. The second kappa shape index (κ2) is 6.08. The van der Waals surface area contributed by atoms with Gasteiger partial charge in [0.1, 0.15) is 0 Å². The van der Waals surface area contributed by atoms with Crippen molar-refractivity contribution in [3.05, 3.63) is 47.0 Å². The molecular weight excluding hydrogens is 346 g/mol. The van der Waals surface area contributed by atoms with Crippen molar-refractivity contribution < 1.29 is 23.7 Å². The Labute approximate surface area is 157 Å². The maximum Gasteiger partial charge on any atom is 0.231 e. The topological polar surface area (TPSA) is 57.2 Å². The molecule has 2 aromatic rings. The van der Waals surface area contributed by atoms with E-state index in [-0.39, 0.29) is 31.5 Å². The third kappa shape index (κ3) is 2.59. The Morgan fingerprint density at radius 3 is 2.37 bits per heavy atom. The summed E-state index contributed by atoms with van der Waals surface area (Å²) in [5.41, 5.74) is 3.50. The van der Waals surface area contributed by atoms with Gasteiger partial charge >= 0.3 is 0 Å². The number of rotatable bonds is 2. The van der Waals surface area contributed by atoms with Crippen molar-refractivity contribution in [3.63, 3.8) is 0 Å². The Bertz CT molecular complexity index is 925. The number of carbonyl (C=O) groups excluding carboxylic acids is 1. The third-order valence-corrected chi connectivity index (χ3v) is 5.80. The predicted octanol–water partition coefficient (Wildman–Crippen LogP) is 3.39. The predicted molar refractivity (Wildman–Crippen MR) is 97.4 cm³/mol. The maximum atomic E-state index is 12.3. The van der Waals surface area contributed by atoms with Gasteiger partial charge < -0.3 is 23.8 Å². The van der Waals surface area contributed by atoms with E-state index < -0.39 is 0 Å². The van der Waals surface area contributed by atoms with E-state index >= 15 is 0 Å². The number of nitrogens with zero attached hydrogens (tertiary/aromatic N) is 1. The van der Waals surface area contributed by atoms with E-state index in [0.717, 1.165) is 47.0 Å². The van der Waals surface area contributed by atoms with Crippen LogP contribution in [0.2, 0.25) is 0 Å². The van der Waals surface area contributed by atoms with Crippen LogP contribution in [0.15, 0.2) is 30.3 Å². The molecule has 27 heavy (non-hydrogen) atoms. The Morgan fingerprint density at radius 1 is 0.963 bits per heavy atom. The number of likely N-dealkylation sites (N-methyl/N-ethyl adjacent to an activating group) is 1. The molecule has 0 spiro atoms. The van der Waals surface area contributed by atoms with Gasteiger partial charge in [0.05, 0.1) is 6.04 Å². The van der Waals surface area contributed by atoms with E-state index in [2.05, 4.69) is 12.1 Å². The smallest absolute Gasteiger partial charge is 0.231 e. The molecule has 1 aliphatic carbocycles. The molecule has 6 nitrogen and oxygen atoms in total. The summed E-state index contributed by atoms with van der Waals surface area (Å²) in [5.74, 6) is 3.29. The minimum atomic E-state index is -0.0684. The summed E-state index contributed by atoms with van der Waals surface area (Å²) in [6, 6.07) is 10.1. The zero-order valence-corrected chi connectivity index (χ0v) is 15.4. The number of amides is 1. The zero-order chi connectivity index (χ0) is 18.5. The fraction of sp³-hybridized carbons (Fsp3) is 0.381. The maximum absolute atomic E-state index is 12.3. The van der Waals surface area contributed by atoms with E-state index in [1.807, 2.05) is 30.1 Å². The van der Waals surface area contributed by atoms with Gasteiger partial charge in [-0.1, -0.05) is 6.07 Å². The summed E-state index contributed by atoms with van der Waals surface area (Å²) in [7, 11) is 1.87. The Balaban J connectivity index is 1.60. The molecule has 2 heterocycles. The van der Waals surface area contributed by atoms with Gasteiger partial charge in [-0.05, 0) is 53.8 Å². The van der Waals surface area contributed by atoms with E-state index in [1.165, 1.54) is 5.56 Å². The van der Waals surface area contributed by atoms with Crippen molar-refractivity contribution >= 4 is 5.91 Å². The molecular formula is C21H21NO5. The van der Waals surface area contributed by atoms with Gasteiger partial charge in [-0.2, -0.15) is 0 Å². The number of benzene rings is 2. The fourth-order valence-corrected chi connectivity index (χ4v) is 4.34. The van der Waals surface area contributed by atoms with E-state index in [1.54, 1.807) is 6.92 Å². The number of fused-ring (bicyclic) bond motifs is 3. The van der Waals surface area contributed by atoms with Gasteiger partial charge in [0.25, 0.3) is 0 Å². The molecule has 0 fully saturated rings. The van der Waals surface area contributed by atoms with Gasteiger partial charge in [-0.25, -0.2) is 0 Å². The lowest BCUT2D eigenvalue weighted by Gasteiger charge is -2.39. The molecule has 140 valence electrons. The standard InChI is InChI=1S/C21H21NO5/c1-12(23)22(2)21-15(13-4-6-17-18(7-13)25-10-24-17)5-3-14-8-19-20(9-16(14)21)27-11-26-19/h4,6-9,15,21H,3,5,10-11H2,1-2H3/t15-,21+/m1/s1. The average Bonchev–Trinajstić information content (AvgIpc) is 3.32. The summed E-state index contributed by atoms with van der Waals surface area (Å²) < 4.78 is 22.1. The van der Waals surface area contributed by atoms with Crippen LogP contribution in [0.5, 0.6) is 23.0 Å². The summed E-state index contributed by atoms with van der Waals surface area (Å²) in [4.78, 5) is 14.1. The molecule has 0 N–H and O–H groups in total. The highest BCUT2D eigenvalue weighted by Gasteiger charge is 2.37. The first kappa shape index (κ1) is 16.3. The minimum absolute atomic E-state index is 0.0382. The van der Waals surface area contributed by atoms with Crippen LogP contribution in [-0.4, -0.2) is 31.4 Å². The second-order valence-corrected chi connectivity index (χ2v) is 7.24. The first-order chi connectivity index (χ1) is 13.1. The average molecular weight is 367 g/mol. The van der Waals surface area contributed by atoms with Crippen molar-refractivity contribution in [3.8, 4) is 23.0 Å². The summed E-state index contributed by atoms with van der Waals surface area (Å²) in [6.45, 7) is 2.11. The fourth-order valence-electron chi connectivity index (χ4n) is 4.34. The highest BCUT2D eigenvalue weighted by atomic mass is 16.7. The molecule has 3 aliphatic rings. The number of hydrogen-bond donors (Lipinski definition) is 0. The van der Waals surface area contributed by atoms with E-state index in [9.17, 15) is 4.79 Å². The lowest BCUT2D eigenvalue weighted by molar-refractivity contribution is -0.130. The first-order valence-electron chi connectivity index (χ1n) is 9.17.